The quantitative estimate of drug-likeness (QED) is 0.895. The predicted octanol–water partition coefficient (Wildman–Crippen LogP) is 2.90. The molecule has 0 amide bonds. The van der Waals surface area contributed by atoms with Gasteiger partial charge in [0.2, 0.25) is 0 Å². The molecule has 1 fully saturated rings. The van der Waals surface area contributed by atoms with Crippen LogP contribution in [0.15, 0.2) is 48.5 Å². The van der Waals surface area contributed by atoms with Crippen molar-refractivity contribution in [2.75, 3.05) is 31.2 Å². The summed E-state index contributed by atoms with van der Waals surface area (Å²) in [6, 6.07) is 15.8. The third-order valence-electron chi connectivity index (χ3n) is 3.40. The van der Waals surface area contributed by atoms with Gasteiger partial charge in [-0.3, -0.25) is 0 Å². The van der Waals surface area contributed by atoms with Crippen molar-refractivity contribution < 1.29 is 9.84 Å². The van der Waals surface area contributed by atoms with Crippen LogP contribution in [0, 0.1) is 0 Å². The second-order valence-corrected chi connectivity index (χ2v) is 4.70. The Bertz CT molecular complexity index is 562. The number of phenols is 1. The van der Waals surface area contributed by atoms with Gasteiger partial charge in [-0.1, -0.05) is 24.3 Å². The number of nitrogens with zero attached hydrogens (tertiary/aromatic N) is 1. The summed E-state index contributed by atoms with van der Waals surface area (Å²) in [5.74, 6) is 0.300. The molecule has 19 heavy (non-hydrogen) atoms. The third kappa shape index (κ3) is 2.71. The number of rotatable bonds is 2. The average Bonchev–Trinajstić information content (AvgIpc) is 2.48. The molecule has 0 radical (unpaired) electrons. The molecule has 0 aliphatic carbocycles. The summed E-state index contributed by atoms with van der Waals surface area (Å²) in [5, 5.41) is 9.57. The molecule has 0 unspecified atom stereocenters. The number of aromatic hydroxyl groups is 1. The fraction of sp³-hybridized carbons (Fsp3) is 0.250. The van der Waals surface area contributed by atoms with Crippen molar-refractivity contribution >= 4 is 5.69 Å². The highest BCUT2D eigenvalue weighted by Gasteiger charge is 2.11. The number of ether oxygens (including phenoxy) is 1. The lowest BCUT2D eigenvalue weighted by Gasteiger charge is -2.29. The van der Waals surface area contributed by atoms with E-state index in [9.17, 15) is 5.11 Å². The average molecular weight is 255 g/mol. The molecule has 2 aromatic rings. The second-order valence-electron chi connectivity index (χ2n) is 4.70. The summed E-state index contributed by atoms with van der Waals surface area (Å²) in [6.07, 6.45) is 0. The molecule has 3 heteroatoms. The van der Waals surface area contributed by atoms with E-state index in [1.165, 1.54) is 5.69 Å². The summed E-state index contributed by atoms with van der Waals surface area (Å²) < 4.78 is 5.38. The number of phenolic OH excluding ortho intramolecular Hbond substituents is 1. The van der Waals surface area contributed by atoms with E-state index >= 15 is 0 Å². The van der Waals surface area contributed by atoms with E-state index in [0.717, 1.165) is 37.4 Å². The summed E-state index contributed by atoms with van der Waals surface area (Å²) in [5.41, 5.74) is 3.37. The molecule has 0 atom stereocenters. The number of benzene rings is 2. The Hall–Kier alpha value is -2.00. The number of anilines is 1. The van der Waals surface area contributed by atoms with E-state index in [0.29, 0.717) is 5.75 Å². The topological polar surface area (TPSA) is 32.7 Å². The Balaban J connectivity index is 1.91. The van der Waals surface area contributed by atoms with Crippen molar-refractivity contribution in [2.24, 2.45) is 0 Å². The van der Waals surface area contributed by atoms with Crippen molar-refractivity contribution in [3.63, 3.8) is 0 Å². The van der Waals surface area contributed by atoms with Gasteiger partial charge in [0.15, 0.2) is 0 Å². The van der Waals surface area contributed by atoms with Crippen LogP contribution < -0.4 is 4.90 Å². The molecule has 1 N–H and O–H groups in total. The highest BCUT2D eigenvalue weighted by atomic mass is 16.5. The standard InChI is InChI=1S/C16H17NO2/c18-16-6-2-4-14(12-16)13-3-1-5-15(11-13)17-7-9-19-10-8-17/h1-6,11-12,18H,7-10H2. The number of hydrogen-bond acceptors (Lipinski definition) is 3. The van der Waals surface area contributed by atoms with Gasteiger partial charge >= 0.3 is 0 Å². The van der Waals surface area contributed by atoms with Crippen LogP contribution in [-0.4, -0.2) is 31.4 Å². The van der Waals surface area contributed by atoms with Gasteiger partial charge in [-0.15, -0.1) is 0 Å². The molecule has 3 rings (SSSR count). The summed E-state index contributed by atoms with van der Waals surface area (Å²) in [6.45, 7) is 3.44. The third-order valence-corrected chi connectivity index (χ3v) is 3.40. The van der Waals surface area contributed by atoms with E-state index in [1.807, 2.05) is 12.1 Å². The maximum atomic E-state index is 9.57. The lowest BCUT2D eigenvalue weighted by atomic mass is 10.0. The van der Waals surface area contributed by atoms with E-state index < -0.39 is 0 Å². The largest absolute Gasteiger partial charge is 0.508 e. The minimum Gasteiger partial charge on any atom is -0.508 e. The van der Waals surface area contributed by atoms with Crippen molar-refractivity contribution in [1.82, 2.24) is 0 Å². The fourth-order valence-corrected chi connectivity index (χ4v) is 2.39. The van der Waals surface area contributed by atoms with Gasteiger partial charge in [-0.2, -0.15) is 0 Å². The zero-order valence-electron chi connectivity index (χ0n) is 10.7. The number of morpholine rings is 1. The molecule has 0 saturated carbocycles. The van der Waals surface area contributed by atoms with E-state index in [2.05, 4.69) is 29.2 Å². The molecule has 0 bridgehead atoms. The van der Waals surface area contributed by atoms with Gasteiger partial charge in [-0.05, 0) is 35.4 Å². The molecule has 0 aromatic heterocycles. The van der Waals surface area contributed by atoms with E-state index in [1.54, 1.807) is 12.1 Å². The fourth-order valence-electron chi connectivity index (χ4n) is 2.39. The van der Waals surface area contributed by atoms with Crippen LogP contribution in [0.2, 0.25) is 0 Å². The molecule has 2 aromatic carbocycles. The van der Waals surface area contributed by atoms with Crippen molar-refractivity contribution in [3.8, 4) is 16.9 Å². The molecule has 3 nitrogen and oxygen atoms in total. The van der Waals surface area contributed by atoms with Gasteiger partial charge in [0.1, 0.15) is 5.75 Å². The first kappa shape index (κ1) is 12.1. The Morgan fingerprint density at radius 1 is 0.895 bits per heavy atom. The van der Waals surface area contributed by atoms with E-state index in [-0.39, 0.29) is 0 Å². The Labute approximate surface area is 113 Å². The van der Waals surface area contributed by atoms with Gasteiger partial charge < -0.3 is 14.7 Å². The second kappa shape index (κ2) is 5.33. The number of hydrogen-bond donors (Lipinski definition) is 1. The van der Waals surface area contributed by atoms with Gasteiger partial charge in [0, 0.05) is 18.8 Å². The molecule has 1 saturated heterocycles. The van der Waals surface area contributed by atoms with Crippen LogP contribution in [0.5, 0.6) is 5.75 Å². The lowest BCUT2D eigenvalue weighted by Crippen LogP contribution is -2.36. The first-order valence-electron chi connectivity index (χ1n) is 6.55. The molecule has 1 aliphatic rings. The lowest BCUT2D eigenvalue weighted by molar-refractivity contribution is 0.122. The van der Waals surface area contributed by atoms with Crippen molar-refractivity contribution in [2.45, 2.75) is 0 Å². The van der Waals surface area contributed by atoms with E-state index in [4.69, 9.17) is 4.74 Å². The zero-order chi connectivity index (χ0) is 13.1. The first-order chi connectivity index (χ1) is 9.33. The summed E-state index contributed by atoms with van der Waals surface area (Å²) in [7, 11) is 0. The van der Waals surface area contributed by atoms with Crippen LogP contribution in [0.1, 0.15) is 0 Å². The monoisotopic (exact) mass is 255 g/mol. The predicted molar refractivity (Wildman–Crippen MR) is 76.6 cm³/mol. The van der Waals surface area contributed by atoms with Crippen LogP contribution in [0.25, 0.3) is 11.1 Å². The minimum atomic E-state index is 0.300. The molecule has 1 aliphatic heterocycles. The van der Waals surface area contributed by atoms with Crippen LogP contribution in [0.4, 0.5) is 5.69 Å². The molecular formula is C16H17NO2. The molecule has 0 spiro atoms. The molecular weight excluding hydrogens is 238 g/mol. The highest BCUT2D eigenvalue weighted by Crippen LogP contribution is 2.27. The van der Waals surface area contributed by atoms with Gasteiger partial charge in [0.05, 0.1) is 13.2 Å². The first-order valence-corrected chi connectivity index (χ1v) is 6.55. The molecule has 1 heterocycles. The Morgan fingerprint density at radius 2 is 1.58 bits per heavy atom. The summed E-state index contributed by atoms with van der Waals surface area (Å²) in [4.78, 5) is 2.33. The van der Waals surface area contributed by atoms with Crippen LogP contribution in [-0.2, 0) is 4.74 Å². The van der Waals surface area contributed by atoms with Crippen LogP contribution >= 0.6 is 0 Å². The summed E-state index contributed by atoms with van der Waals surface area (Å²) >= 11 is 0. The Morgan fingerprint density at radius 3 is 2.32 bits per heavy atom. The highest BCUT2D eigenvalue weighted by molar-refractivity contribution is 5.69. The maximum absolute atomic E-state index is 9.57. The SMILES string of the molecule is Oc1cccc(-c2cccc(N3CCOCC3)c2)c1. The van der Waals surface area contributed by atoms with Crippen molar-refractivity contribution in [1.29, 1.82) is 0 Å². The van der Waals surface area contributed by atoms with Crippen molar-refractivity contribution in [3.05, 3.63) is 48.5 Å². The zero-order valence-corrected chi connectivity index (χ0v) is 10.7. The van der Waals surface area contributed by atoms with Gasteiger partial charge in [0.25, 0.3) is 0 Å². The normalized spacial score (nSPS) is 15.5. The minimum absolute atomic E-state index is 0.300. The van der Waals surface area contributed by atoms with Crippen LogP contribution in [0.3, 0.4) is 0 Å². The van der Waals surface area contributed by atoms with Gasteiger partial charge in [-0.25, -0.2) is 0 Å². The Kier molecular flexibility index (Phi) is 3.38. The molecule has 98 valence electrons. The maximum Gasteiger partial charge on any atom is 0.116 e. The smallest absolute Gasteiger partial charge is 0.116 e.